The molecular formula is C63H104O6. The molecule has 69 heavy (non-hydrogen) atoms. The summed E-state index contributed by atoms with van der Waals surface area (Å²) in [6.45, 7) is 6.36. The molecule has 0 saturated heterocycles. The molecule has 0 amide bonds. The zero-order valence-electron chi connectivity index (χ0n) is 44.8. The third-order valence-electron chi connectivity index (χ3n) is 11.8. The molecule has 0 aliphatic heterocycles. The summed E-state index contributed by atoms with van der Waals surface area (Å²) in [5.41, 5.74) is 0. The molecule has 1 unspecified atom stereocenters. The molecular weight excluding hydrogens is 853 g/mol. The lowest BCUT2D eigenvalue weighted by atomic mass is 10.1. The van der Waals surface area contributed by atoms with E-state index in [1.807, 2.05) is 0 Å². The average Bonchev–Trinajstić information content (AvgIpc) is 3.35. The van der Waals surface area contributed by atoms with Crippen molar-refractivity contribution in [1.29, 1.82) is 0 Å². The Kier molecular flexibility index (Phi) is 53.4. The number of rotatable bonds is 50. The second-order valence-electron chi connectivity index (χ2n) is 18.5. The molecule has 0 rings (SSSR count). The number of ether oxygens (including phenoxy) is 3. The van der Waals surface area contributed by atoms with Crippen LogP contribution in [0.2, 0.25) is 0 Å². The number of allylic oxidation sites excluding steroid dienone is 18. The first-order valence-corrected chi connectivity index (χ1v) is 28.4. The standard InChI is InChI=1S/C63H104O6/c1-4-7-10-13-16-19-22-25-28-30-32-34-35-38-41-44-47-50-53-56-62(65)68-59-60(58-67-61(64)55-52-49-46-43-40-37-27-24-21-18-15-12-9-6-3)69-63(66)57-54-51-48-45-42-39-36-33-31-29-26-23-20-17-14-11-8-5-2/h7,9-10,12,16,18-19,21,23,25-29,31,33,36-37,60H,4-6,8,11,13-15,17,20,22,24,30,32,34-35,38-59H2,1-3H3/b10-7-,12-9-,19-16-,21-18-,26-23-,28-25-,31-29-,36-33-,37-27-. The molecule has 6 heteroatoms. The molecule has 0 saturated carbocycles. The number of carbonyl (C=O) groups is 3. The van der Waals surface area contributed by atoms with Gasteiger partial charge in [-0.2, -0.15) is 0 Å². The second kappa shape index (κ2) is 56.7. The van der Waals surface area contributed by atoms with Crippen molar-refractivity contribution in [3.05, 3.63) is 109 Å². The van der Waals surface area contributed by atoms with Gasteiger partial charge < -0.3 is 14.2 Å². The minimum Gasteiger partial charge on any atom is -0.462 e. The van der Waals surface area contributed by atoms with E-state index in [0.717, 1.165) is 135 Å². The number of carbonyl (C=O) groups excluding carboxylic acids is 3. The van der Waals surface area contributed by atoms with E-state index in [1.165, 1.54) is 77.0 Å². The largest absolute Gasteiger partial charge is 0.462 e. The highest BCUT2D eigenvalue weighted by Crippen LogP contribution is 2.14. The van der Waals surface area contributed by atoms with Gasteiger partial charge in [0, 0.05) is 19.3 Å². The number of hydrogen-bond acceptors (Lipinski definition) is 6. The van der Waals surface area contributed by atoms with E-state index in [0.29, 0.717) is 19.3 Å². The number of hydrogen-bond donors (Lipinski definition) is 0. The van der Waals surface area contributed by atoms with Gasteiger partial charge in [0.15, 0.2) is 6.10 Å². The van der Waals surface area contributed by atoms with Crippen LogP contribution in [-0.2, 0) is 28.6 Å². The molecule has 0 aromatic carbocycles. The van der Waals surface area contributed by atoms with Gasteiger partial charge in [-0.05, 0) is 109 Å². The topological polar surface area (TPSA) is 78.9 Å². The molecule has 6 nitrogen and oxygen atoms in total. The maximum Gasteiger partial charge on any atom is 0.306 e. The normalized spacial score (nSPS) is 12.9. The molecule has 1 atom stereocenters. The fraction of sp³-hybridized carbons (Fsp3) is 0.667. The van der Waals surface area contributed by atoms with Gasteiger partial charge in [0.25, 0.3) is 0 Å². The summed E-state index contributed by atoms with van der Waals surface area (Å²) < 4.78 is 16.8. The van der Waals surface area contributed by atoms with Crippen LogP contribution in [0.4, 0.5) is 0 Å². The molecule has 0 aliphatic carbocycles. The molecule has 0 bridgehead atoms. The maximum atomic E-state index is 12.9. The molecule has 0 aliphatic rings. The zero-order valence-corrected chi connectivity index (χ0v) is 44.8. The van der Waals surface area contributed by atoms with Crippen molar-refractivity contribution < 1.29 is 28.6 Å². The van der Waals surface area contributed by atoms with E-state index >= 15 is 0 Å². The van der Waals surface area contributed by atoms with E-state index in [4.69, 9.17) is 14.2 Å². The lowest BCUT2D eigenvalue weighted by Gasteiger charge is -2.18. The highest BCUT2D eigenvalue weighted by atomic mass is 16.6. The van der Waals surface area contributed by atoms with Crippen molar-refractivity contribution >= 4 is 17.9 Å². The predicted octanol–water partition coefficient (Wildman–Crippen LogP) is 19.1. The minimum atomic E-state index is -0.803. The van der Waals surface area contributed by atoms with Crippen molar-refractivity contribution in [3.63, 3.8) is 0 Å². The van der Waals surface area contributed by atoms with E-state index in [-0.39, 0.29) is 31.1 Å². The summed E-state index contributed by atoms with van der Waals surface area (Å²) in [5, 5.41) is 0. The van der Waals surface area contributed by atoms with Gasteiger partial charge in [0.05, 0.1) is 0 Å². The van der Waals surface area contributed by atoms with Crippen molar-refractivity contribution in [3.8, 4) is 0 Å². The van der Waals surface area contributed by atoms with Gasteiger partial charge in [-0.1, -0.05) is 233 Å². The van der Waals surface area contributed by atoms with E-state index in [2.05, 4.69) is 130 Å². The first-order chi connectivity index (χ1) is 34.0. The molecule has 0 fully saturated rings. The number of esters is 3. The van der Waals surface area contributed by atoms with Crippen LogP contribution in [0.1, 0.15) is 252 Å². The van der Waals surface area contributed by atoms with E-state index in [9.17, 15) is 14.4 Å². The smallest absolute Gasteiger partial charge is 0.306 e. The maximum absolute atomic E-state index is 12.9. The van der Waals surface area contributed by atoms with Crippen molar-refractivity contribution in [2.75, 3.05) is 13.2 Å². The first-order valence-electron chi connectivity index (χ1n) is 28.4. The van der Waals surface area contributed by atoms with Gasteiger partial charge in [0.1, 0.15) is 13.2 Å². The van der Waals surface area contributed by atoms with Crippen LogP contribution >= 0.6 is 0 Å². The highest BCUT2D eigenvalue weighted by molar-refractivity contribution is 5.71. The Hall–Kier alpha value is -3.93. The van der Waals surface area contributed by atoms with Gasteiger partial charge in [0.2, 0.25) is 0 Å². The summed E-state index contributed by atoms with van der Waals surface area (Å²) >= 11 is 0. The van der Waals surface area contributed by atoms with Gasteiger partial charge >= 0.3 is 17.9 Å². The van der Waals surface area contributed by atoms with Gasteiger partial charge in [-0.15, -0.1) is 0 Å². The Morgan fingerprint density at radius 3 is 1.00 bits per heavy atom. The summed E-state index contributed by atoms with van der Waals surface area (Å²) in [6, 6.07) is 0. The number of unbranched alkanes of at least 4 members (excludes halogenated alkanes) is 23. The third-order valence-corrected chi connectivity index (χ3v) is 11.8. The second-order valence-corrected chi connectivity index (χ2v) is 18.5. The highest BCUT2D eigenvalue weighted by Gasteiger charge is 2.19. The molecule has 0 radical (unpaired) electrons. The Morgan fingerprint density at radius 1 is 0.319 bits per heavy atom. The summed E-state index contributed by atoms with van der Waals surface area (Å²) in [6.07, 6.45) is 76.4. The molecule has 0 aromatic rings. The van der Waals surface area contributed by atoms with Crippen LogP contribution in [0.5, 0.6) is 0 Å². The molecule has 392 valence electrons. The molecule has 0 heterocycles. The Bertz CT molecular complexity index is 1420. The van der Waals surface area contributed by atoms with Crippen LogP contribution in [0.15, 0.2) is 109 Å². The van der Waals surface area contributed by atoms with Crippen molar-refractivity contribution in [2.45, 2.75) is 258 Å². The Labute approximate surface area is 425 Å². The summed E-state index contributed by atoms with van der Waals surface area (Å²) in [7, 11) is 0. The fourth-order valence-corrected chi connectivity index (χ4v) is 7.59. The quantitative estimate of drug-likeness (QED) is 0.0199. The lowest BCUT2D eigenvalue weighted by Crippen LogP contribution is -2.30. The zero-order chi connectivity index (χ0) is 50.0. The van der Waals surface area contributed by atoms with Crippen LogP contribution in [0.25, 0.3) is 0 Å². The SMILES string of the molecule is CC/C=C\C/C=C\C/C=C\CCCCCCCCCCCC(=O)OCC(COC(=O)CCCCCC/C=C\C/C=C\C/C=C\CC)OC(=O)CCCCCCC\C=C/C=C\C=C/CCCCCCC. The Morgan fingerprint density at radius 2 is 0.623 bits per heavy atom. The van der Waals surface area contributed by atoms with Crippen LogP contribution in [0.3, 0.4) is 0 Å². The van der Waals surface area contributed by atoms with Crippen LogP contribution < -0.4 is 0 Å². The third kappa shape index (κ3) is 54.9. The van der Waals surface area contributed by atoms with Gasteiger partial charge in [-0.3, -0.25) is 14.4 Å². The minimum absolute atomic E-state index is 0.0982. The summed E-state index contributed by atoms with van der Waals surface area (Å²) in [5.74, 6) is -0.946. The van der Waals surface area contributed by atoms with Crippen LogP contribution in [0, 0.1) is 0 Å². The van der Waals surface area contributed by atoms with Crippen LogP contribution in [-0.4, -0.2) is 37.2 Å². The Balaban J connectivity index is 4.46. The lowest BCUT2D eigenvalue weighted by molar-refractivity contribution is -0.167. The van der Waals surface area contributed by atoms with Gasteiger partial charge in [-0.25, -0.2) is 0 Å². The van der Waals surface area contributed by atoms with Crippen molar-refractivity contribution in [1.82, 2.24) is 0 Å². The fourth-order valence-electron chi connectivity index (χ4n) is 7.59. The molecule has 0 N–H and O–H groups in total. The molecule has 0 spiro atoms. The summed E-state index contributed by atoms with van der Waals surface area (Å²) in [4.78, 5) is 38.2. The predicted molar refractivity (Wildman–Crippen MR) is 297 cm³/mol. The van der Waals surface area contributed by atoms with E-state index in [1.54, 1.807) is 0 Å². The first kappa shape index (κ1) is 65.1. The van der Waals surface area contributed by atoms with Crippen molar-refractivity contribution in [2.24, 2.45) is 0 Å². The monoisotopic (exact) mass is 957 g/mol. The van der Waals surface area contributed by atoms with E-state index < -0.39 is 6.10 Å². The molecule has 0 aromatic heterocycles. The average molecular weight is 958 g/mol.